The predicted molar refractivity (Wildman–Crippen MR) is 121 cm³/mol. The molecule has 32 heavy (non-hydrogen) atoms. The fourth-order valence-corrected chi connectivity index (χ4v) is 4.31. The number of ether oxygens (including phenoxy) is 1. The van der Waals surface area contributed by atoms with Gasteiger partial charge in [0.2, 0.25) is 0 Å². The summed E-state index contributed by atoms with van der Waals surface area (Å²) in [7, 11) is 3.60. The lowest BCUT2D eigenvalue weighted by Gasteiger charge is -2.33. The maximum atomic E-state index is 14.8. The SMILES string of the molecule is COc1cccc(F)c1-c1nccc2c1CN(c1cccc(N3CCN(C)CC3)n1)C2=O. The fourth-order valence-electron chi connectivity index (χ4n) is 4.31. The molecule has 4 heterocycles. The van der Waals surface area contributed by atoms with Crippen molar-refractivity contribution >= 4 is 17.5 Å². The number of aromatic nitrogens is 2. The summed E-state index contributed by atoms with van der Waals surface area (Å²) in [5.74, 6) is 1.21. The van der Waals surface area contributed by atoms with Gasteiger partial charge in [0.1, 0.15) is 23.2 Å². The van der Waals surface area contributed by atoms with Crippen LogP contribution in [0.5, 0.6) is 5.75 Å². The third kappa shape index (κ3) is 3.46. The quantitative estimate of drug-likeness (QED) is 0.630. The lowest BCUT2D eigenvalue weighted by molar-refractivity contribution is 0.0996. The minimum atomic E-state index is -0.439. The highest BCUT2D eigenvalue weighted by Crippen LogP contribution is 2.38. The number of hydrogen-bond acceptors (Lipinski definition) is 6. The number of anilines is 2. The van der Waals surface area contributed by atoms with Crippen LogP contribution in [0.15, 0.2) is 48.7 Å². The third-order valence-corrected chi connectivity index (χ3v) is 6.10. The second-order valence-corrected chi connectivity index (χ2v) is 8.04. The first-order chi connectivity index (χ1) is 15.6. The minimum Gasteiger partial charge on any atom is -0.496 e. The summed E-state index contributed by atoms with van der Waals surface area (Å²) < 4.78 is 20.1. The number of halogens is 1. The summed E-state index contributed by atoms with van der Waals surface area (Å²) in [5.41, 5.74) is 1.86. The number of hydrogen-bond donors (Lipinski definition) is 0. The molecule has 0 atom stereocenters. The van der Waals surface area contributed by atoms with Crippen molar-refractivity contribution in [1.82, 2.24) is 14.9 Å². The van der Waals surface area contributed by atoms with E-state index in [0.29, 0.717) is 28.4 Å². The van der Waals surface area contributed by atoms with Crippen LogP contribution in [-0.4, -0.2) is 61.1 Å². The summed E-state index contributed by atoms with van der Waals surface area (Å²) in [6, 6.07) is 12.1. The van der Waals surface area contributed by atoms with Crippen LogP contribution in [0, 0.1) is 5.82 Å². The molecule has 3 aromatic rings. The Labute approximate surface area is 186 Å². The van der Waals surface area contributed by atoms with Crippen molar-refractivity contribution in [3.8, 4) is 17.0 Å². The number of pyridine rings is 2. The Morgan fingerprint density at radius 1 is 1.00 bits per heavy atom. The Kier molecular flexibility index (Phi) is 5.22. The van der Waals surface area contributed by atoms with Gasteiger partial charge in [0, 0.05) is 43.5 Å². The van der Waals surface area contributed by atoms with E-state index in [9.17, 15) is 9.18 Å². The van der Waals surface area contributed by atoms with E-state index in [4.69, 9.17) is 9.72 Å². The van der Waals surface area contributed by atoms with Crippen LogP contribution < -0.4 is 14.5 Å². The van der Waals surface area contributed by atoms with Crippen molar-refractivity contribution < 1.29 is 13.9 Å². The second kappa shape index (κ2) is 8.20. The van der Waals surface area contributed by atoms with Gasteiger partial charge in [0.15, 0.2) is 0 Å². The number of methoxy groups -OCH3 is 1. The normalized spacial score (nSPS) is 16.4. The first kappa shape index (κ1) is 20.4. The highest BCUT2D eigenvalue weighted by molar-refractivity contribution is 6.10. The summed E-state index contributed by atoms with van der Waals surface area (Å²) in [5, 5.41) is 0. The zero-order valence-corrected chi connectivity index (χ0v) is 18.1. The van der Waals surface area contributed by atoms with Gasteiger partial charge in [-0.2, -0.15) is 0 Å². The van der Waals surface area contributed by atoms with E-state index in [1.807, 2.05) is 18.2 Å². The molecule has 8 heteroatoms. The number of carbonyl (C=O) groups excluding carboxylic acids is 1. The monoisotopic (exact) mass is 433 g/mol. The molecule has 164 valence electrons. The molecular weight excluding hydrogens is 409 g/mol. The summed E-state index contributed by atoms with van der Waals surface area (Å²) in [4.78, 5) is 28.6. The van der Waals surface area contributed by atoms with E-state index in [1.165, 1.54) is 19.4 Å². The van der Waals surface area contributed by atoms with Gasteiger partial charge in [-0.05, 0) is 37.4 Å². The second-order valence-electron chi connectivity index (χ2n) is 8.04. The van der Waals surface area contributed by atoms with Crippen molar-refractivity contribution in [2.24, 2.45) is 0 Å². The van der Waals surface area contributed by atoms with E-state index in [1.54, 1.807) is 23.1 Å². The van der Waals surface area contributed by atoms with Crippen LogP contribution >= 0.6 is 0 Å². The first-order valence-corrected chi connectivity index (χ1v) is 10.6. The van der Waals surface area contributed by atoms with E-state index in [-0.39, 0.29) is 18.0 Å². The number of piperazine rings is 1. The molecule has 0 aliphatic carbocycles. The summed E-state index contributed by atoms with van der Waals surface area (Å²) in [6.45, 7) is 4.00. The van der Waals surface area contributed by atoms with Gasteiger partial charge in [-0.3, -0.25) is 14.7 Å². The first-order valence-electron chi connectivity index (χ1n) is 10.6. The molecule has 2 aromatic heterocycles. The molecule has 0 N–H and O–H groups in total. The number of nitrogens with zero attached hydrogens (tertiary/aromatic N) is 5. The van der Waals surface area contributed by atoms with E-state index in [2.05, 4.69) is 21.8 Å². The van der Waals surface area contributed by atoms with Gasteiger partial charge >= 0.3 is 0 Å². The number of likely N-dealkylation sites (N-methyl/N-ethyl adjacent to an activating group) is 1. The fraction of sp³-hybridized carbons (Fsp3) is 0.292. The van der Waals surface area contributed by atoms with Crippen LogP contribution in [0.2, 0.25) is 0 Å². The average Bonchev–Trinajstić information content (AvgIpc) is 3.16. The maximum Gasteiger partial charge on any atom is 0.260 e. The predicted octanol–water partition coefficient (Wildman–Crippen LogP) is 3.20. The van der Waals surface area contributed by atoms with Crippen molar-refractivity contribution in [2.75, 3.05) is 50.1 Å². The average molecular weight is 433 g/mol. The van der Waals surface area contributed by atoms with Crippen molar-refractivity contribution in [3.05, 3.63) is 65.6 Å². The van der Waals surface area contributed by atoms with Crippen LogP contribution in [0.25, 0.3) is 11.3 Å². The van der Waals surface area contributed by atoms with Gasteiger partial charge in [0.05, 0.1) is 24.9 Å². The van der Waals surface area contributed by atoms with Crippen LogP contribution in [0.3, 0.4) is 0 Å². The Morgan fingerprint density at radius 2 is 1.75 bits per heavy atom. The van der Waals surface area contributed by atoms with Crippen molar-refractivity contribution in [1.29, 1.82) is 0 Å². The minimum absolute atomic E-state index is 0.165. The molecule has 1 saturated heterocycles. The van der Waals surface area contributed by atoms with Crippen LogP contribution in [0.4, 0.5) is 16.0 Å². The molecule has 0 saturated carbocycles. The molecule has 0 spiro atoms. The van der Waals surface area contributed by atoms with Gasteiger partial charge in [-0.15, -0.1) is 0 Å². The largest absolute Gasteiger partial charge is 0.496 e. The van der Waals surface area contributed by atoms with Gasteiger partial charge in [-0.1, -0.05) is 12.1 Å². The van der Waals surface area contributed by atoms with Crippen LogP contribution in [0.1, 0.15) is 15.9 Å². The maximum absolute atomic E-state index is 14.8. The number of rotatable bonds is 4. The molecule has 2 aliphatic rings. The molecule has 1 amide bonds. The number of amides is 1. The zero-order chi connectivity index (χ0) is 22.2. The van der Waals surface area contributed by atoms with Gasteiger partial charge in [-0.25, -0.2) is 9.37 Å². The van der Waals surface area contributed by atoms with Crippen LogP contribution in [-0.2, 0) is 6.54 Å². The number of carbonyl (C=O) groups is 1. The molecule has 2 aliphatic heterocycles. The molecule has 1 fully saturated rings. The standard InChI is InChI=1S/C24H24FN5O2/c1-28-11-13-29(14-12-28)20-7-4-8-21(27-20)30-15-17-16(24(30)31)9-10-26-23(17)22-18(25)5-3-6-19(22)32-2/h3-10H,11-15H2,1-2H3. The third-order valence-electron chi connectivity index (χ3n) is 6.10. The van der Waals surface area contributed by atoms with Gasteiger partial charge < -0.3 is 14.5 Å². The topological polar surface area (TPSA) is 61.8 Å². The molecule has 0 bridgehead atoms. The zero-order valence-electron chi connectivity index (χ0n) is 18.1. The highest BCUT2D eigenvalue weighted by atomic mass is 19.1. The summed E-state index contributed by atoms with van der Waals surface area (Å²) >= 11 is 0. The lowest BCUT2D eigenvalue weighted by atomic mass is 10.0. The summed E-state index contributed by atoms with van der Waals surface area (Å²) in [6.07, 6.45) is 1.54. The van der Waals surface area contributed by atoms with E-state index >= 15 is 0 Å². The number of fused-ring (bicyclic) bond motifs is 1. The lowest BCUT2D eigenvalue weighted by Crippen LogP contribution is -2.44. The molecular formula is C24H24FN5O2. The van der Waals surface area contributed by atoms with E-state index < -0.39 is 5.82 Å². The molecule has 7 nitrogen and oxygen atoms in total. The van der Waals surface area contributed by atoms with E-state index in [0.717, 1.165) is 32.0 Å². The van der Waals surface area contributed by atoms with Crippen molar-refractivity contribution in [3.63, 3.8) is 0 Å². The molecule has 0 radical (unpaired) electrons. The molecule has 0 unspecified atom stereocenters. The van der Waals surface area contributed by atoms with Gasteiger partial charge in [0.25, 0.3) is 5.91 Å². The highest BCUT2D eigenvalue weighted by Gasteiger charge is 2.33. The Bertz CT molecular complexity index is 1180. The Hall–Kier alpha value is -3.52. The Morgan fingerprint density at radius 3 is 2.53 bits per heavy atom. The Balaban J connectivity index is 1.50. The molecule has 1 aromatic carbocycles. The van der Waals surface area contributed by atoms with Crippen molar-refractivity contribution in [2.45, 2.75) is 6.54 Å². The molecule has 5 rings (SSSR count). The number of benzene rings is 1. The smallest absolute Gasteiger partial charge is 0.260 e.